The van der Waals surface area contributed by atoms with Crippen molar-refractivity contribution in [3.05, 3.63) is 53.3 Å². The molecule has 2 aromatic rings. The molecule has 1 aromatic carbocycles. The van der Waals surface area contributed by atoms with Crippen LogP contribution < -0.4 is 0 Å². The van der Waals surface area contributed by atoms with E-state index in [1.165, 1.54) is 11.3 Å². The van der Waals surface area contributed by atoms with Crippen molar-refractivity contribution in [3.63, 3.8) is 0 Å². The van der Waals surface area contributed by atoms with Gasteiger partial charge in [-0.3, -0.25) is 4.68 Å². The van der Waals surface area contributed by atoms with Gasteiger partial charge < -0.3 is 0 Å². The van der Waals surface area contributed by atoms with E-state index in [2.05, 4.69) is 42.4 Å². The molecule has 0 saturated heterocycles. The molecule has 0 radical (unpaired) electrons. The molecular weight excluding hydrogens is 184 g/mol. The van der Waals surface area contributed by atoms with Gasteiger partial charge in [0.05, 0.1) is 5.69 Å². The smallest absolute Gasteiger partial charge is 0.0596 e. The van der Waals surface area contributed by atoms with Crippen LogP contribution in [0.5, 0.6) is 0 Å². The molecule has 0 aliphatic rings. The van der Waals surface area contributed by atoms with Gasteiger partial charge in [-0.05, 0) is 18.6 Å². The van der Waals surface area contributed by atoms with Crippen molar-refractivity contribution in [2.45, 2.75) is 19.8 Å². The number of hydrogen-bond acceptors (Lipinski definition) is 1. The summed E-state index contributed by atoms with van der Waals surface area (Å²) >= 11 is 0. The summed E-state index contributed by atoms with van der Waals surface area (Å²) < 4.78 is 1.97. The second-order valence-corrected chi connectivity index (χ2v) is 3.97. The average Bonchev–Trinajstić information content (AvgIpc) is 2.58. The van der Waals surface area contributed by atoms with Crippen molar-refractivity contribution in [2.75, 3.05) is 0 Å². The van der Waals surface area contributed by atoms with Gasteiger partial charge in [0.15, 0.2) is 0 Å². The van der Waals surface area contributed by atoms with Crippen LogP contribution in [0.3, 0.4) is 0 Å². The molecule has 15 heavy (non-hydrogen) atoms. The molecule has 1 aromatic heterocycles. The maximum Gasteiger partial charge on any atom is 0.0596 e. The fourth-order valence-corrected chi connectivity index (χ4v) is 1.95. The topological polar surface area (TPSA) is 17.8 Å². The zero-order valence-electron chi connectivity index (χ0n) is 9.44. The lowest BCUT2D eigenvalue weighted by Gasteiger charge is -2.11. The Kier molecular flexibility index (Phi) is 2.58. The van der Waals surface area contributed by atoms with Gasteiger partial charge in [-0.15, -0.1) is 0 Å². The highest BCUT2D eigenvalue weighted by atomic mass is 15.3. The van der Waals surface area contributed by atoms with E-state index in [-0.39, 0.29) is 0 Å². The van der Waals surface area contributed by atoms with E-state index in [1.807, 2.05) is 24.7 Å². The molecule has 1 atom stereocenters. The van der Waals surface area contributed by atoms with Crippen molar-refractivity contribution in [1.82, 2.24) is 9.78 Å². The quantitative estimate of drug-likeness (QED) is 0.729. The van der Waals surface area contributed by atoms with Gasteiger partial charge in [-0.25, -0.2) is 0 Å². The summed E-state index contributed by atoms with van der Waals surface area (Å²) in [5.41, 5.74) is 3.68. The van der Waals surface area contributed by atoms with Crippen LogP contribution in [0.4, 0.5) is 0 Å². The van der Waals surface area contributed by atoms with Crippen LogP contribution in [0, 0.1) is 6.92 Å². The monoisotopic (exact) mass is 200 g/mol. The largest absolute Gasteiger partial charge is 0.272 e. The van der Waals surface area contributed by atoms with Crippen molar-refractivity contribution < 1.29 is 0 Å². The van der Waals surface area contributed by atoms with E-state index in [1.54, 1.807) is 0 Å². The summed E-state index contributed by atoms with van der Waals surface area (Å²) in [6.45, 7) is 4.24. The molecule has 78 valence electrons. The van der Waals surface area contributed by atoms with E-state index < -0.39 is 0 Å². The highest BCUT2D eigenvalue weighted by Crippen LogP contribution is 2.23. The minimum Gasteiger partial charge on any atom is -0.272 e. The number of benzene rings is 1. The van der Waals surface area contributed by atoms with Crippen LogP contribution in [0.1, 0.15) is 29.8 Å². The number of aromatic nitrogens is 2. The van der Waals surface area contributed by atoms with Gasteiger partial charge in [-0.1, -0.05) is 37.3 Å². The summed E-state index contributed by atoms with van der Waals surface area (Å²) in [5.74, 6) is 0.400. The normalized spacial score (nSPS) is 12.7. The SMILES string of the molecule is Cc1cc(C(C)c2ccccc2)n(C)n1. The van der Waals surface area contributed by atoms with E-state index in [0.717, 1.165) is 5.69 Å². The van der Waals surface area contributed by atoms with Gasteiger partial charge in [0, 0.05) is 18.7 Å². The van der Waals surface area contributed by atoms with Gasteiger partial charge >= 0.3 is 0 Å². The predicted molar refractivity (Wildman–Crippen MR) is 61.9 cm³/mol. The first kappa shape index (κ1) is 9.97. The predicted octanol–water partition coefficient (Wildman–Crippen LogP) is 2.88. The summed E-state index contributed by atoms with van der Waals surface area (Å²) in [6, 6.07) is 12.7. The van der Waals surface area contributed by atoms with Gasteiger partial charge in [0.25, 0.3) is 0 Å². The van der Waals surface area contributed by atoms with Crippen LogP contribution in [0.25, 0.3) is 0 Å². The molecule has 0 spiro atoms. The van der Waals surface area contributed by atoms with Crippen LogP contribution in [-0.2, 0) is 7.05 Å². The number of aryl methyl sites for hydroxylation is 2. The minimum absolute atomic E-state index is 0.400. The molecule has 0 aliphatic carbocycles. The highest BCUT2D eigenvalue weighted by molar-refractivity contribution is 5.28. The summed E-state index contributed by atoms with van der Waals surface area (Å²) in [5, 5.41) is 4.37. The third-order valence-electron chi connectivity index (χ3n) is 2.78. The number of nitrogens with zero attached hydrogens (tertiary/aromatic N) is 2. The lowest BCUT2D eigenvalue weighted by atomic mass is 9.98. The van der Waals surface area contributed by atoms with E-state index in [9.17, 15) is 0 Å². The molecule has 2 rings (SSSR count). The Hall–Kier alpha value is -1.57. The number of rotatable bonds is 2. The van der Waals surface area contributed by atoms with E-state index in [0.29, 0.717) is 5.92 Å². The Morgan fingerprint density at radius 1 is 1.20 bits per heavy atom. The first-order valence-electron chi connectivity index (χ1n) is 5.24. The second kappa shape index (κ2) is 3.89. The molecular formula is C13H16N2. The Balaban J connectivity index is 2.36. The molecule has 0 N–H and O–H groups in total. The Morgan fingerprint density at radius 2 is 1.87 bits per heavy atom. The van der Waals surface area contributed by atoms with Gasteiger partial charge in [0.2, 0.25) is 0 Å². The summed E-state index contributed by atoms with van der Waals surface area (Å²) in [6.07, 6.45) is 0. The van der Waals surface area contributed by atoms with Crippen LogP contribution >= 0.6 is 0 Å². The second-order valence-electron chi connectivity index (χ2n) is 3.97. The zero-order chi connectivity index (χ0) is 10.8. The zero-order valence-corrected chi connectivity index (χ0v) is 9.44. The molecule has 1 heterocycles. The summed E-state index contributed by atoms with van der Waals surface area (Å²) in [4.78, 5) is 0. The van der Waals surface area contributed by atoms with Crippen molar-refractivity contribution in [2.24, 2.45) is 7.05 Å². The average molecular weight is 200 g/mol. The van der Waals surface area contributed by atoms with Crippen molar-refractivity contribution in [3.8, 4) is 0 Å². The third-order valence-corrected chi connectivity index (χ3v) is 2.78. The maximum atomic E-state index is 4.37. The molecule has 0 bridgehead atoms. The lowest BCUT2D eigenvalue weighted by molar-refractivity contribution is 0.680. The van der Waals surface area contributed by atoms with Crippen LogP contribution in [0.15, 0.2) is 36.4 Å². The van der Waals surface area contributed by atoms with Crippen LogP contribution in [-0.4, -0.2) is 9.78 Å². The lowest BCUT2D eigenvalue weighted by Crippen LogP contribution is -2.03. The molecule has 0 aliphatic heterocycles. The van der Waals surface area contributed by atoms with Gasteiger partial charge in [-0.2, -0.15) is 5.10 Å². The highest BCUT2D eigenvalue weighted by Gasteiger charge is 2.12. The third kappa shape index (κ3) is 1.94. The molecule has 0 amide bonds. The number of hydrogen-bond donors (Lipinski definition) is 0. The summed E-state index contributed by atoms with van der Waals surface area (Å²) in [7, 11) is 2.00. The van der Waals surface area contributed by atoms with Crippen LogP contribution in [0.2, 0.25) is 0 Å². The molecule has 2 nitrogen and oxygen atoms in total. The first-order chi connectivity index (χ1) is 7.18. The Labute approximate surface area is 90.6 Å². The fraction of sp³-hybridized carbons (Fsp3) is 0.308. The van der Waals surface area contributed by atoms with Gasteiger partial charge in [0.1, 0.15) is 0 Å². The van der Waals surface area contributed by atoms with E-state index in [4.69, 9.17) is 0 Å². The van der Waals surface area contributed by atoms with Crippen molar-refractivity contribution in [1.29, 1.82) is 0 Å². The molecule has 1 unspecified atom stereocenters. The van der Waals surface area contributed by atoms with E-state index >= 15 is 0 Å². The molecule has 2 heteroatoms. The maximum absolute atomic E-state index is 4.37. The minimum atomic E-state index is 0.400. The first-order valence-corrected chi connectivity index (χ1v) is 5.24. The molecule has 0 saturated carbocycles. The Morgan fingerprint density at radius 3 is 2.40 bits per heavy atom. The van der Waals surface area contributed by atoms with Crippen molar-refractivity contribution >= 4 is 0 Å². The molecule has 0 fully saturated rings. The Bertz CT molecular complexity index is 443. The fourth-order valence-electron chi connectivity index (χ4n) is 1.95. The standard InChI is InChI=1S/C13H16N2/c1-10-9-13(15(3)14-10)11(2)12-7-5-4-6-8-12/h4-9,11H,1-3H3.